The molecule has 0 aliphatic heterocycles. The number of nitrogens with one attached hydrogen (secondary N) is 1. The molecular weight excluding hydrogens is 590 g/mol. The third-order valence-electron chi connectivity index (χ3n) is 6.83. The fourth-order valence-corrected chi connectivity index (χ4v) is 5.63. The SMILES string of the molecule is CCc1ccc(N(CC(=O)N(Cc2cccc(Br)c2)[C@@H](Cc2ccccc2)C(=O)N[C@@H](C)CC)S(C)(=O)=O)cc1. The van der Waals surface area contributed by atoms with Crippen molar-refractivity contribution >= 4 is 43.5 Å². The fraction of sp³-hybridized carbons (Fsp3) is 0.355. The van der Waals surface area contributed by atoms with E-state index in [1.165, 1.54) is 4.90 Å². The molecule has 3 rings (SSSR count). The number of halogens is 1. The fourth-order valence-electron chi connectivity index (χ4n) is 4.34. The van der Waals surface area contributed by atoms with Crippen molar-refractivity contribution in [1.29, 1.82) is 0 Å². The predicted octanol–water partition coefficient (Wildman–Crippen LogP) is 5.33. The van der Waals surface area contributed by atoms with E-state index >= 15 is 0 Å². The van der Waals surface area contributed by atoms with Crippen molar-refractivity contribution < 1.29 is 18.0 Å². The summed E-state index contributed by atoms with van der Waals surface area (Å²) in [6.07, 6.45) is 2.92. The highest BCUT2D eigenvalue weighted by atomic mass is 79.9. The maximum Gasteiger partial charge on any atom is 0.244 e. The zero-order valence-electron chi connectivity index (χ0n) is 23.5. The first-order chi connectivity index (χ1) is 19.0. The number of sulfonamides is 1. The Balaban J connectivity index is 2.05. The van der Waals surface area contributed by atoms with Crippen LogP contribution in [0.5, 0.6) is 0 Å². The van der Waals surface area contributed by atoms with E-state index in [4.69, 9.17) is 0 Å². The predicted molar refractivity (Wildman–Crippen MR) is 165 cm³/mol. The maximum atomic E-state index is 14.1. The molecule has 0 heterocycles. The van der Waals surface area contributed by atoms with Crippen molar-refractivity contribution in [2.75, 3.05) is 17.1 Å². The number of hydrogen-bond donors (Lipinski definition) is 1. The lowest BCUT2D eigenvalue weighted by molar-refractivity contribution is -0.140. The number of nitrogens with zero attached hydrogens (tertiary/aromatic N) is 2. The van der Waals surface area contributed by atoms with Crippen molar-refractivity contribution in [2.45, 2.75) is 58.7 Å². The molecule has 0 saturated carbocycles. The van der Waals surface area contributed by atoms with Crippen LogP contribution in [0, 0.1) is 0 Å². The third-order valence-corrected chi connectivity index (χ3v) is 8.46. The molecule has 0 radical (unpaired) electrons. The number of carbonyl (C=O) groups excluding carboxylic acids is 2. The Hall–Kier alpha value is -3.17. The van der Waals surface area contributed by atoms with Gasteiger partial charge >= 0.3 is 0 Å². The second-order valence-corrected chi connectivity index (χ2v) is 12.8. The summed E-state index contributed by atoms with van der Waals surface area (Å²) in [6, 6.07) is 23.3. The van der Waals surface area contributed by atoms with Crippen LogP contribution >= 0.6 is 15.9 Å². The van der Waals surface area contributed by atoms with E-state index in [0.717, 1.165) is 44.6 Å². The standard InChI is InChI=1S/C31H38BrN3O4S/c1-5-23(3)33-31(37)29(20-25-11-8-7-9-12-25)34(21-26-13-10-14-27(32)19-26)30(36)22-35(40(4,38)39)28-17-15-24(6-2)16-18-28/h7-19,23,29H,5-6,20-22H2,1-4H3,(H,33,37)/t23-,29-/m0/s1. The summed E-state index contributed by atoms with van der Waals surface area (Å²) < 4.78 is 27.7. The van der Waals surface area contributed by atoms with Crippen LogP contribution in [0.3, 0.4) is 0 Å². The summed E-state index contributed by atoms with van der Waals surface area (Å²) in [7, 11) is -3.80. The van der Waals surface area contributed by atoms with Crippen LogP contribution in [0.1, 0.15) is 43.9 Å². The van der Waals surface area contributed by atoms with Crippen LogP contribution in [0.15, 0.2) is 83.3 Å². The van der Waals surface area contributed by atoms with Gasteiger partial charge in [0.05, 0.1) is 11.9 Å². The highest BCUT2D eigenvalue weighted by Crippen LogP contribution is 2.22. The summed E-state index contributed by atoms with van der Waals surface area (Å²) in [5.74, 6) is -0.745. The van der Waals surface area contributed by atoms with E-state index < -0.39 is 28.5 Å². The van der Waals surface area contributed by atoms with Gasteiger partial charge in [-0.2, -0.15) is 0 Å². The molecule has 3 aromatic carbocycles. The van der Waals surface area contributed by atoms with Gasteiger partial charge < -0.3 is 10.2 Å². The molecule has 7 nitrogen and oxygen atoms in total. The van der Waals surface area contributed by atoms with Gasteiger partial charge in [-0.1, -0.05) is 84.4 Å². The smallest absolute Gasteiger partial charge is 0.244 e. The van der Waals surface area contributed by atoms with Crippen molar-refractivity contribution in [3.05, 3.63) is 100 Å². The Morgan fingerprint density at radius 3 is 2.12 bits per heavy atom. The van der Waals surface area contributed by atoms with E-state index in [1.807, 2.05) is 87.5 Å². The number of hydrogen-bond acceptors (Lipinski definition) is 4. The monoisotopic (exact) mass is 627 g/mol. The first-order valence-corrected chi connectivity index (χ1v) is 16.1. The number of rotatable bonds is 13. The number of benzene rings is 3. The minimum atomic E-state index is -3.80. The van der Waals surface area contributed by atoms with Gasteiger partial charge in [-0.05, 0) is 60.7 Å². The molecule has 0 unspecified atom stereocenters. The van der Waals surface area contributed by atoms with Crippen LogP contribution in [0.2, 0.25) is 0 Å². The zero-order valence-corrected chi connectivity index (χ0v) is 25.9. The molecule has 0 saturated heterocycles. The van der Waals surface area contributed by atoms with Gasteiger partial charge in [0.25, 0.3) is 0 Å². The van der Waals surface area contributed by atoms with Crippen molar-refractivity contribution in [3.63, 3.8) is 0 Å². The normalized spacial score (nSPS) is 12.8. The Kier molecular flexibility index (Phi) is 11.3. The molecule has 0 aliphatic carbocycles. The molecule has 214 valence electrons. The molecule has 1 N–H and O–H groups in total. The molecule has 0 aliphatic rings. The number of carbonyl (C=O) groups is 2. The van der Waals surface area contributed by atoms with Gasteiger partial charge in [0, 0.05) is 23.5 Å². The van der Waals surface area contributed by atoms with Gasteiger partial charge in [0.1, 0.15) is 12.6 Å². The van der Waals surface area contributed by atoms with Gasteiger partial charge in [-0.3, -0.25) is 13.9 Å². The zero-order chi connectivity index (χ0) is 29.3. The van der Waals surface area contributed by atoms with Gasteiger partial charge in [-0.15, -0.1) is 0 Å². The molecule has 2 amide bonds. The second-order valence-electron chi connectivity index (χ2n) is 9.96. The average Bonchev–Trinajstić information content (AvgIpc) is 2.93. The van der Waals surface area contributed by atoms with Crippen molar-refractivity contribution in [2.24, 2.45) is 0 Å². The second kappa shape index (κ2) is 14.5. The lowest BCUT2D eigenvalue weighted by atomic mass is 10.0. The van der Waals surface area contributed by atoms with E-state index in [2.05, 4.69) is 21.2 Å². The van der Waals surface area contributed by atoms with Crippen LogP contribution < -0.4 is 9.62 Å². The van der Waals surface area contributed by atoms with Gasteiger partial charge in [0.2, 0.25) is 21.8 Å². The Morgan fingerprint density at radius 2 is 1.55 bits per heavy atom. The number of amides is 2. The summed E-state index contributed by atoms with van der Waals surface area (Å²) >= 11 is 3.49. The molecule has 0 fully saturated rings. The van der Waals surface area contributed by atoms with Crippen molar-refractivity contribution in [3.8, 4) is 0 Å². The number of anilines is 1. The molecule has 0 spiro atoms. The Bertz CT molecular complexity index is 1380. The maximum absolute atomic E-state index is 14.1. The Morgan fingerprint density at radius 1 is 0.900 bits per heavy atom. The van der Waals surface area contributed by atoms with Crippen molar-refractivity contribution in [1.82, 2.24) is 10.2 Å². The lowest BCUT2D eigenvalue weighted by Gasteiger charge is -2.34. The van der Waals surface area contributed by atoms with Crippen LogP contribution in [0.4, 0.5) is 5.69 Å². The summed E-state index contributed by atoms with van der Waals surface area (Å²) in [4.78, 5) is 29.3. The van der Waals surface area contributed by atoms with E-state index in [0.29, 0.717) is 5.69 Å². The highest BCUT2D eigenvalue weighted by molar-refractivity contribution is 9.10. The first kappa shape index (κ1) is 31.4. The topological polar surface area (TPSA) is 86.8 Å². The molecule has 2 atom stereocenters. The van der Waals surface area contributed by atoms with Gasteiger partial charge in [-0.25, -0.2) is 8.42 Å². The summed E-state index contributed by atoms with van der Waals surface area (Å²) in [5, 5.41) is 3.04. The molecule has 3 aromatic rings. The summed E-state index contributed by atoms with van der Waals surface area (Å²) in [5.41, 5.74) is 3.17. The van der Waals surface area contributed by atoms with Crippen LogP contribution in [-0.2, 0) is 39.0 Å². The minimum absolute atomic E-state index is 0.0850. The van der Waals surface area contributed by atoms with E-state index in [1.54, 1.807) is 12.1 Å². The molecule has 0 bridgehead atoms. The van der Waals surface area contributed by atoms with Crippen LogP contribution in [-0.4, -0.2) is 50.0 Å². The van der Waals surface area contributed by atoms with Crippen LogP contribution in [0.25, 0.3) is 0 Å². The Labute approximate surface area is 246 Å². The largest absolute Gasteiger partial charge is 0.352 e. The van der Waals surface area contributed by atoms with Gasteiger partial charge in [0.15, 0.2) is 0 Å². The lowest BCUT2D eigenvalue weighted by Crippen LogP contribution is -2.54. The molecule has 40 heavy (non-hydrogen) atoms. The average molecular weight is 629 g/mol. The molecule has 9 heteroatoms. The summed E-state index contributed by atoms with van der Waals surface area (Å²) in [6.45, 7) is 5.62. The van der Waals surface area contributed by atoms with E-state index in [9.17, 15) is 18.0 Å². The molecule has 0 aromatic heterocycles. The third kappa shape index (κ3) is 8.93. The number of aryl methyl sites for hydroxylation is 1. The highest BCUT2D eigenvalue weighted by Gasteiger charge is 2.33. The van der Waals surface area contributed by atoms with E-state index in [-0.39, 0.29) is 24.9 Å². The quantitative estimate of drug-likeness (QED) is 0.277. The molecular formula is C31H38BrN3O4S. The first-order valence-electron chi connectivity index (χ1n) is 13.5. The minimum Gasteiger partial charge on any atom is -0.352 e.